The summed E-state index contributed by atoms with van der Waals surface area (Å²) in [5.41, 5.74) is -2.16. The molecule has 0 saturated heterocycles. The lowest BCUT2D eigenvalue weighted by Gasteiger charge is -2.27. The van der Waals surface area contributed by atoms with E-state index in [1.165, 1.54) is 6.08 Å². The lowest BCUT2D eigenvalue weighted by Crippen LogP contribution is -2.34. The minimum absolute atomic E-state index is 0.0430. The molecule has 0 heterocycles. The van der Waals surface area contributed by atoms with Crippen LogP contribution in [0.15, 0.2) is 11.6 Å². The van der Waals surface area contributed by atoms with Gasteiger partial charge in [0.25, 0.3) is 0 Å². The first-order valence-corrected chi connectivity index (χ1v) is 7.45. The molecule has 0 saturated carbocycles. The highest BCUT2D eigenvalue weighted by Gasteiger charge is 2.29. The number of allylic oxidation sites excluding steroid dienone is 1. The van der Waals surface area contributed by atoms with E-state index in [0.717, 1.165) is 0 Å². The number of carboxylic acids is 1. The maximum atomic E-state index is 11.2. The minimum Gasteiger partial charge on any atom is -0.478 e. The summed E-state index contributed by atoms with van der Waals surface area (Å²) >= 11 is 0. The second kappa shape index (κ2) is 10.7. The number of carboxylic acid groups (broad SMARTS) is 1. The largest absolute Gasteiger partial charge is 0.478 e. The van der Waals surface area contributed by atoms with Crippen molar-refractivity contribution in [3.63, 3.8) is 0 Å². The van der Waals surface area contributed by atoms with E-state index < -0.39 is 56.4 Å². The Hall–Kier alpha value is -1.03. The van der Waals surface area contributed by atoms with Crippen LogP contribution in [-0.2, 0) is 4.79 Å². The van der Waals surface area contributed by atoms with E-state index in [4.69, 9.17) is 0 Å². The Morgan fingerprint density at radius 1 is 0.739 bits per heavy atom. The molecule has 0 aliphatic carbocycles. The molecule has 8 nitrogen and oxygen atoms in total. The van der Waals surface area contributed by atoms with Crippen LogP contribution in [0.25, 0.3) is 0 Å². The average molecular weight is 336 g/mol. The van der Waals surface area contributed by atoms with Crippen LogP contribution >= 0.6 is 0 Å². The zero-order valence-corrected chi connectivity index (χ0v) is 13.2. The van der Waals surface area contributed by atoms with Crippen LogP contribution in [0.4, 0.5) is 0 Å². The molecule has 0 fully saturated rings. The van der Waals surface area contributed by atoms with Crippen LogP contribution in [0.2, 0.25) is 0 Å². The van der Waals surface area contributed by atoms with E-state index in [9.17, 15) is 40.5 Å². The van der Waals surface area contributed by atoms with Crippen molar-refractivity contribution in [3.8, 4) is 0 Å². The highest BCUT2D eigenvalue weighted by Crippen LogP contribution is 2.26. The number of aliphatic hydroxyl groups excluding tert-OH is 6. The zero-order valence-electron chi connectivity index (χ0n) is 13.2. The van der Waals surface area contributed by atoms with Gasteiger partial charge < -0.3 is 35.7 Å². The normalized spacial score (nSPS) is 13.4. The quantitative estimate of drug-likeness (QED) is 0.200. The molecular weight excluding hydrogens is 308 g/mol. The van der Waals surface area contributed by atoms with E-state index in [-0.39, 0.29) is 31.3 Å². The number of hydrogen-bond acceptors (Lipinski definition) is 7. The Balaban J connectivity index is 4.83. The van der Waals surface area contributed by atoms with Gasteiger partial charge in [0.05, 0.1) is 39.6 Å². The first kappa shape index (κ1) is 22.0. The van der Waals surface area contributed by atoms with Gasteiger partial charge in [0.2, 0.25) is 0 Å². The van der Waals surface area contributed by atoms with Gasteiger partial charge in [-0.25, -0.2) is 4.79 Å². The van der Waals surface area contributed by atoms with Crippen LogP contribution < -0.4 is 0 Å². The Bertz CT molecular complexity index is 355. The summed E-state index contributed by atoms with van der Waals surface area (Å²) in [4.78, 5) is 11.2. The van der Waals surface area contributed by atoms with E-state index in [0.29, 0.717) is 0 Å². The summed E-state index contributed by atoms with van der Waals surface area (Å²) in [5.74, 6) is -1.16. The lowest BCUT2D eigenvalue weighted by atomic mass is 9.83. The molecule has 23 heavy (non-hydrogen) atoms. The van der Waals surface area contributed by atoms with E-state index in [1.807, 2.05) is 0 Å². The Morgan fingerprint density at radius 2 is 1.13 bits per heavy atom. The molecule has 0 spiro atoms. The maximum Gasteiger partial charge on any atom is 0.331 e. The van der Waals surface area contributed by atoms with Crippen molar-refractivity contribution >= 4 is 5.97 Å². The van der Waals surface area contributed by atoms with Crippen LogP contribution in [0.3, 0.4) is 0 Å². The third-order valence-electron chi connectivity index (χ3n) is 4.28. The number of aliphatic hydroxyl groups is 6. The van der Waals surface area contributed by atoms with E-state index in [2.05, 4.69) is 0 Å². The van der Waals surface area contributed by atoms with Crippen molar-refractivity contribution < 1.29 is 40.5 Å². The summed E-state index contributed by atoms with van der Waals surface area (Å²) in [6.07, 6.45) is 2.00. The third-order valence-corrected chi connectivity index (χ3v) is 4.28. The number of hydrogen-bond donors (Lipinski definition) is 7. The van der Waals surface area contributed by atoms with Gasteiger partial charge in [0.15, 0.2) is 0 Å². The first-order valence-electron chi connectivity index (χ1n) is 7.45. The molecule has 8 heteroatoms. The zero-order chi connectivity index (χ0) is 17.9. The predicted molar refractivity (Wildman–Crippen MR) is 81.6 cm³/mol. The standard InChI is InChI=1S/C15H28O8/c16-6-14(7-17,8-18)4-1-2-12(13(22)23)3-5-15(9-19,10-20)11-21/h2,16-21H,1,3-11H2,(H,22,23). The highest BCUT2D eigenvalue weighted by atomic mass is 16.4. The summed E-state index contributed by atoms with van der Waals surface area (Å²) in [6.45, 7) is -2.64. The molecule has 0 aliphatic rings. The molecule has 0 aromatic heterocycles. The SMILES string of the molecule is O=C(O)C(=CCCC(CO)(CO)CO)CCC(CO)(CO)CO. The van der Waals surface area contributed by atoms with Gasteiger partial charge in [-0.15, -0.1) is 0 Å². The summed E-state index contributed by atoms with van der Waals surface area (Å²) < 4.78 is 0. The number of aliphatic carboxylic acids is 1. The van der Waals surface area contributed by atoms with Crippen LogP contribution in [0.5, 0.6) is 0 Å². The Labute approximate surface area is 135 Å². The van der Waals surface area contributed by atoms with Crippen molar-refractivity contribution in [1.29, 1.82) is 0 Å². The monoisotopic (exact) mass is 336 g/mol. The van der Waals surface area contributed by atoms with Gasteiger partial charge in [-0.2, -0.15) is 0 Å². The molecule has 0 amide bonds. The molecular formula is C15H28O8. The first-order chi connectivity index (χ1) is 10.9. The fraction of sp³-hybridized carbons (Fsp3) is 0.800. The van der Waals surface area contributed by atoms with Crippen LogP contribution in [-0.4, -0.2) is 81.4 Å². The van der Waals surface area contributed by atoms with Gasteiger partial charge in [0, 0.05) is 16.4 Å². The Kier molecular flexibility index (Phi) is 10.2. The Morgan fingerprint density at radius 3 is 1.48 bits per heavy atom. The van der Waals surface area contributed by atoms with Gasteiger partial charge in [-0.3, -0.25) is 0 Å². The van der Waals surface area contributed by atoms with Gasteiger partial charge in [-0.1, -0.05) is 6.08 Å². The van der Waals surface area contributed by atoms with E-state index in [1.54, 1.807) is 0 Å². The van der Waals surface area contributed by atoms with Crippen molar-refractivity contribution in [2.45, 2.75) is 25.7 Å². The second-order valence-corrected chi connectivity index (χ2v) is 6.02. The van der Waals surface area contributed by atoms with Crippen molar-refractivity contribution in [3.05, 3.63) is 11.6 Å². The van der Waals surface area contributed by atoms with Gasteiger partial charge >= 0.3 is 5.97 Å². The molecule has 0 rings (SSSR count). The molecule has 136 valence electrons. The predicted octanol–water partition coefficient (Wildman–Crippen LogP) is -1.52. The van der Waals surface area contributed by atoms with Crippen LogP contribution in [0.1, 0.15) is 25.7 Å². The molecule has 0 aromatic carbocycles. The van der Waals surface area contributed by atoms with Crippen LogP contribution in [0, 0.1) is 10.8 Å². The molecule has 0 bridgehead atoms. The molecule has 0 radical (unpaired) electrons. The topological polar surface area (TPSA) is 159 Å². The molecule has 0 aliphatic heterocycles. The second-order valence-electron chi connectivity index (χ2n) is 6.02. The smallest absolute Gasteiger partial charge is 0.331 e. The molecule has 0 aromatic rings. The van der Waals surface area contributed by atoms with Crippen molar-refractivity contribution in [2.24, 2.45) is 10.8 Å². The highest BCUT2D eigenvalue weighted by molar-refractivity contribution is 5.86. The van der Waals surface area contributed by atoms with E-state index >= 15 is 0 Å². The number of rotatable bonds is 13. The maximum absolute atomic E-state index is 11.2. The summed E-state index contributed by atoms with van der Waals surface area (Å²) in [6, 6.07) is 0. The van der Waals surface area contributed by atoms with Gasteiger partial charge in [-0.05, 0) is 25.7 Å². The summed E-state index contributed by atoms with van der Waals surface area (Å²) in [7, 11) is 0. The molecule has 7 N–H and O–H groups in total. The molecule has 0 unspecified atom stereocenters. The fourth-order valence-electron chi connectivity index (χ4n) is 2.02. The number of carbonyl (C=O) groups is 1. The minimum atomic E-state index is -1.16. The van der Waals surface area contributed by atoms with Crippen molar-refractivity contribution in [2.75, 3.05) is 39.6 Å². The van der Waals surface area contributed by atoms with Gasteiger partial charge in [0.1, 0.15) is 0 Å². The lowest BCUT2D eigenvalue weighted by molar-refractivity contribution is -0.133. The third kappa shape index (κ3) is 6.54. The van der Waals surface area contributed by atoms with Crippen molar-refractivity contribution in [1.82, 2.24) is 0 Å². The summed E-state index contributed by atoms with van der Waals surface area (Å²) in [5, 5.41) is 64.5. The molecule has 0 atom stereocenters. The fourth-order valence-corrected chi connectivity index (χ4v) is 2.02. The average Bonchev–Trinajstić information content (AvgIpc) is 2.58.